The van der Waals surface area contributed by atoms with Crippen molar-refractivity contribution in [2.45, 2.75) is 19.3 Å². The van der Waals surface area contributed by atoms with E-state index in [1.807, 2.05) is 0 Å². The van der Waals surface area contributed by atoms with Gasteiger partial charge in [0.15, 0.2) is 0 Å². The number of nitrogens with zero attached hydrogens (tertiary/aromatic N) is 1. The molecule has 1 aliphatic carbocycles. The third kappa shape index (κ3) is 2.93. The Hall–Kier alpha value is -2.02. The van der Waals surface area contributed by atoms with Gasteiger partial charge in [-0.3, -0.25) is 14.9 Å². The molecule has 0 aliphatic heterocycles. The summed E-state index contributed by atoms with van der Waals surface area (Å²) in [5.41, 5.74) is 5.18. The molecular weight excluding hydrogens is 265 g/mol. The monoisotopic (exact) mass is 281 g/mol. The molecule has 108 valence electrons. The number of nitrogens with one attached hydrogen (secondary N) is 1. The third-order valence-electron chi connectivity index (χ3n) is 3.71. The Morgan fingerprint density at radius 3 is 2.90 bits per heavy atom. The Balaban J connectivity index is 2.19. The minimum Gasteiger partial charge on any atom is -0.330 e. The summed E-state index contributed by atoms with van der Waals surface area (Å²) in [5.74, 6) is -1.13. The Labute approximate surface area is 115 Å². The maximum atomic E-state index is 13.2. The van der Waals surface area contributed by atoms with E-state index in [-0.39, 0.29) is 29.1 Å². The molecule has 1 fully saturated rings. The molecule has 1 saturated carbocycles. The lowest BCUT2D eigenvalue weighted by Crippen LogP contribution is -2.30. The average molecular weight is 281 g/mol. The molecule has 1 aliphatic rings. The number of benzene rings is 1. The van der Waals surface area contributed by atoms with Gasteiger partial charge in [0.05, 0.1) is 4.92 Å². The minimum atomic E-state index is -0.649. The molecule has 7 heteroatoms. The second-order valence-corrected chi connectivity index (χ2v) is 4.94. The molecule has 0 bridgehead atoms. The summed E-state index contributed by atoms with van der Waals surface area (Å²) in [6.07, 6.45) is 2.49. The molecule has 2 unspecified atom stereocenters. The minimum absolute atomic E-state index is 0.0858. The van der Waals surface area contributed by atoms with Crippen molar-refractivity contribution in [3.63, 3.8) is 0 Å². The highest BCUT2D eigenvalue weighted by Gasteiger charge is 2.32. The zero-order valence-corrected chi connectivity index (χ0v) is 10.8. The Kier molecular flexibility index (Phi) is 4.29. The van der Waals surface area contributed by atoms with E-state index in [1.54, 1.807) is 0 Å². The first kappa shape index (κ1) is 14.4. The number of carbonyl (C=O) groups excluding carboxylic acids is 1. The summed E-state index contributed by atoms with van der Waals surface area (Å²) >= 11 is 0. The lowest BCUT2D eigenvalue weighted by molar-refractivity contribution is -0.384. The van der Waals surface area contributed by atoms with Crippen LogP contribution in [-0.4, -0.2) is 17.4 Å². The van der Waals surface area contributed by atoms with Crippen molar-refractivity contribution in [2.75, 3.05) is 11.9 Å². The van der Waals surface area contributed by atoms with Gasteiger partial charge in [0.25, 0.3) is 5.69 Å². The number of anilines is 1. The normalized spacial score (nSPS) is 21.7. The quantitative estimate of drug-likeness (QED) is 0.651. The van der Waals surface area contributed by atoms with E-state index >= 15 is 0 Å². The Morgan fingerprint density at radius 2 is 2.25 bits per heavy atom. The summed E-state index contributed by atoms with van der Waals surface area (Å²) < 4.78 is 13.2. The van der Waals surface area contributed by atoms with Crippen LogP contribution in [0.4, 0.5) is 15.8 Å². The summed E-state index contributed by atoms with van der Waals surface area (Å²) in [7, 11) is 0. The van der Waals surface area contributed by atoms with E-state index in [4.69, 9.17) is 5.73 Å². The number of rotatable bonds is 4. The molecule has 20 heavy (non-hydrogen) atoms. The predicted octanol–water partition coefficient (Wildman–Crippen LogP) is 2.05. The van der Waals surface area contributed by atoms with E-state index < -0.39 is 10.7 Å². The lowest BCUT2D eigenvalue weighted by atomic mass is 9.95. The summed E-state index contributed by atoms with van der Waals surface area (Å²) in [4.78, 5) is 22.4. The van der Waals surface area contributed by atoms with Crippen LogP contribution in [-0.2, 0) is 4.79 Å². The van der Waals surface area contributed by atoms with Crippen LogP contribution in [0.25, 0.3) is 0 Å². The lowest BCUT2D eigenvalue weighted by Gasteiger charge is -2.17. The maximum Gasteiger partial charge on any atom is 0.292 e. The van der Waals surface area contributed by atoms with Gasteiger partial charge in [-0.2, -0.15) is 0 Å². The zero-order valence-electron chi connectivity index (χ0n) is 10.8. The number of hydrogen-bond acceptors (Lipinski definition) is 4. The fraction of sp³-hybridized carbons (Fsp3) is 0.462. The molecule has 0 spiro atoms. The SMILES string of the molecule is NCC1CCCC1C(=O)Nc1cc(F)ccc1[N+](=O)[O-]. The molecule has 0 radical (unpaired) electrons. The molecular formula is C13H16FN3O3. The zero-order chi connectivity index (χ0) is 14.7. The van der Waals surface area contributed by atoms with E-state index in [1.165, 1.54) is 0 Å². The second-order valence-electron chi connectivity index (χ2n) is 4.94. The average Bonchev–Trinajstić information content (AvgIpc) is 2.86. The maximum absolute atomic E-state index is 13.2. The van der Waals surface area contributed by atoms with Gasteiger partial charge in [-0.25, -0.2) is 4.39 Å². The molecule has 6 nitrogen and oxygen atoms in total. The van der Waals surface area contributed by atoms with Crippen molar-refractivity contribution in [1.82, 2.24) is 0 Å². The van der Waals surface area contributed by atoms with Gasteiger partial charge in [0, 0.05) is 18.1 Å². The highest BCUT2D eigenvalue weighted by molar-refractivity contribution is 5.95. The highest BCUT2D eigenvalue weighted by Crippen LogP contribution is 2.33. The predicted molar refractivity (Wildman–Crippen MR) is 71.6 cm³/mol. The number of halogens is 1. The standard InChI is InChI=1S/C13H16FN3O3/c14-9-4-5-12(17(19)20)11(6-9)16-13(18)10-3-1-2-8(10)7-15/h4-6,8,10H,1-3,7,15H2,(H,16,18). The van der Waals surface area contributed by atoms with Crippen molar-refractivity contribution < 1.29 is 14.1 Å². The first-order chi connectivity index (χ1) is 9.52. The van der Waals surface area contributed by atoms with E-state index in [0.717, 1.165) is 31.0 Å². The Morgan fingerprint density at radius 1 is 1.50 bits per heavy atom. The second kappa shape index (κ2) is 5.96. The molecule has 3 N–H and O–H groups in total. The summed E-state index contributed by atoms with van der Waals surface area (Å²) in [5, 5.41) is 13.3. The fourth-order valence-electron chi connectivity index (χ4n) is 2.66. The number of nitro groups is 1. The van der Waals surface area contributed by atoms with Crippen LogP contribution < -0.4 is 11.1 Å². The number of nitro benzene ring substituents is 1. The number of hydrogen-bond donors (Lipinski definition) is 2. The summed E-state index contributed by atoms with van der Waals surface area (Å²) in [6, 6.07) is 2.99. The van der Waals surface area contributed by atoms with Crippen molar-refractivity contribution in [3.8, 4) is 0 Å². The van der Waals surface area contributed by atoms with E-state index in [2.05, 4.69) is 5.32 Å². The first-order valence-electron chi connectivity index (χ1n) is 6.47. The molecule has 2 rings (SSSR count). The van der Waals surface area contributed by atoms with Crippen molar-refractivity contribution in [2.24, 2.45) is 17.6 Å². The van der Waals surface area contributed by atoms with Crippen LogP contribution >= 0.6 is 0 Å². The van der Waals surface area contributed by atoms with Gasteiger partial charge in [-0.1, -0.05) is 6.42 Å². The van der Waals surface area contributed by atoms with Gasteiger partial charge in [-0.15, -0.1) is 0 Å². The molecule has 1 aromatic rings. The van der Waals surface area contributed by atoms with Gasteiger partial charge >= 0.3 is 0 Å². The van der Waals surface area contributed by atoms with Crippen LogP contribution in [0.3, 0.4) is 0 Å². The topological polar surface area (TPSA) is 98.3 Å². The van der Waals surface area contributed by atoms with Crippen molar-refractivity contribution >= 4 is 17.3 Å². The van der Waals surface area contributed by atoms with Gasteiger partial charge in [0.1, 0.15) is 11.5 Å². The van der Waals surface area contributed by atoms with Gasteiger partial charge in [0.2, 0.25) is 5.91 Å². The van der Waals surface area contributed by atoms with Crippen LogP contribution in [0.1, 0.15) is 19.3 Å². The van der Waals surface area contributed by atoms with Crippen LogP contribution in [0, 0.1) is 27.8 Å². The van der Waals surface area contributed by atoms with Crippen LogP contribution in [0.5, 0.6) is 0 Å². The molecule has 1 amide bonds. The first-order valence-corrected chi connectivity index (χ1v) is 6.47. The molecule has 0 aromatic heterocycles. The smallest absolute Gasteiger partial charge is 0.292 e. The molecule has 0 heterocycles. The molecule has 0 saturated heterocycles. The Bertz CT molecular complexity index is 536. The number of amides is 1. The van der Waals surface area contributed by atoms with Crippen molar-refractivity contribution in [3.05, 3.63) is 34.1 Å². The van der Waals surface area contributed by atoms with E-state index in [9.17, 15) is 19.3 Å². The third-order valence-corrected chi connectivity index (χ3v) is 3.71. The van der Waals surface area contributed by atoms with Crippen molar-refractivity contribution in [1.29, 1.82) is 0 Å². The number of nitrogens with two attached hydrogens (primary N) is 1. The number of carbonyl (C=O) groups is 1. The summed E-state index contributed by atoms with van der Waals surface area (Å²) in [6.45, 7) is 0.406. The van der Waals surface area contributed by atoms with Crippen LogP contribution in [0.2, 0.25) is 0 Å². The fourth-order valence-corrected chi connectivity index (χ4v) is 2.66. The van der Waals surface area contributed by atoms with Crippen LogP contribution in [0.15, 0.2) is 18.2 Å². The largest absolute Gasteiger partial charge is 0.330 e. The molecule has 1 aromatic carbocycles. The van der Waals surface area contributed by atoms with Gasteiger partial charge in [-0.05, 0) is 31.4 Å². The van der Waals surface area contributed by atoms with E-state index in [0.29, 0.717) is 13.0 Å². The molecule has 2 atom stereocenters. The highest BCUT2D eigenvalue weighted by atomic mass is 19.1. The van der Waals surface area contributed by atoms with Gasteiger partial charge < -0.3 is 11.1 Å².